The van der Waals surface area contributed by atoms with Crippen molar-refractivity contribution in [3.8, 4) is 5.82 Å². The summed E-state index contributed by atoms with van der Waals surface area (Å²) in [6.45, 7) is 6.59. The molecule has 1 aliphatic rings. The fraction of sp³-hybridized carbons (Fsp3) is 0.389. The van der Waals surface area contributed by atoms with Crippen LogP contribution in [0.15, 0.2) is 42.9 Å². The van der Waals surface area contributed by atoms with E-state index in [9.17, 15) is 4.79 Å². The van der Waals surface area contributed by atoms with E-state index >= 15 is 0 Å². The van der Waals surface area contributed by atoms with Crippen LogP contribution >= 0.6 is 0 Å². The van der Waals surface area contributed by atoms with Gasteiger partial charge in [-0.05, 0) is 38.1 Å². The number of hydrogen-bond donors (Lipinski definition) is 0. The van der Waals surface area contributed by atoms with Crippen LogP contribution in [0.2, 0.25) is 0 Å². The third-order valence-electron chi connectivity index (χ3n) is 4.79. The summed E-state index contributed by atoms with van der Waals surface area (Å²) in [4.78, 5) is 16.7. The zero-order valence-corrected chi connectivity index (χ0v) is 15.4. The topological polar surface area (TPSA) is 85.0 Å². The van der Waals surface area contributed by atoms with E-state index in [-0.39, 0.29) is 11.9 Å². The molecule has 9 heteroatoms. The molecular weight excluding hydrogens is 344 g/mol. The fourth-order valence-electron chi connectivity index (χ4n) is 3.19. The van der Waals surface area contributed by atoms with Crippen LogP contribution in [0.3, 0.4) is 0 Å². The number of anilines is 1. The lowest BCUT2D eigenvalue weighted by Crippen LogP contribution is -2.50. The standard InChI is InChI=1S/C18H22N8O/c1-14-6-9-26(22-14)17-5-4-16(20-21-17)23-10-12-24(13-11-23)18(27)15(2)25-8-3-7-19-25/h3-9,15H,10-13H2,1-2H3. The van der Waals surface area contributed by atoms with Gasteiger partial charge in [0.25, 0.3) is 0 Å². The third-order valence-corrected chi connectivity index (χ3v) is 4.79. The minimum Gasteiger partial charge on any atom is -0.352 e. The summed E-state index contributed by atoms with van der Waals surface area (Å²) in [6.07, 6.45) is 5.37. The number of amides is 1. The van der Waals surface area contributed by atoms with Crippen LogP contribution in [0, 0.1) is 6.92 Å². The first kappa shape index (κ1) is 17.2. The molecule has 0 saturated carbocycles. The van der Waals surface area contributed by atoms with Gasteiger partial charge in [0.05, 0.1) is 5.69 Å². The Morgan fingerprint density at radius 2 is 1.78 bits per heavy atom. The van der Waals surface area contributed by atoms with Crippen molar-refractivity contribution in [2.24, 2.45) is 0 Å². The molecule has 1 aliphatic heterocycles. The van der Waals surface area contributed by atoms with Gasteiger partial charge in [0, 0.05) is 44.8 Å². The maximum Gasteiger partial charge on any atom is 0.247 e. The first-order chi connectivity index (χ1) is 13.1. The van der Waals surface area contributed by atoms with Gasteiger partial charge in [-0.1, -0.05) is 0 Å². The highest BCUT2D eigenvalue weighted by molar-refractivity contribution is 5.80. The van der Waals surface area contributed by atoms with Crippen molar-refractivity contribution in [2.75, 3.05) is 31.1 Å². The van der Waals surface area contributed by atoms with E-state index in [2.05, 4.69) is 25.3 Å². The fourth-order valence-corrected chi connectivity index (χ4v) is 3.19. The molecule has 27 heavy (non-hydrogen) atoms. The van der Waals surface area contributed by atoms with Crippen LogP contribution in [0.1, 0.15) is 18.7 Å². The summed E-state index contributed by atoms with van der Waals surface area (Å²) < 4.78 is 3.40. The quantitative estimate of drug-likeness (QED) is 0.687. The van der Waals surface area contributed by atoms with E-state index < -0.39 is 0 Å². The van der Waals surface area contributed by atoms with Gasteiger partial charge in [-0.2, -0.15) is 10.2 Å². The molecule has 9 nitrogen and oxygen atoms in total. The Hall–Kier alpha value is -3.23. The molecule has 0 N–H and O–H groups in total. The highest BCUT2D eigenvalue weighted by Crippen LogP contribution is 2.16. The average molecular weight is 366 g/mol. The minimum atomic E-state index is -0.289. The lowest BCUT2D eigenvalue weighted by atomic mass is 10.2. The number of rotatable bonds is 4. The zero-order valence-electron chi connectivity index (χ0n) is 15.4. The van der Waals surface area contributed by atoms with Gasteiger partial charge >= 0.3 is 0 Å². The van der Waals surface area contributed by atoms with E-state index in [1.54, 1.807) is 15.6 Å². The van der Waals surface area contributed by atoms with E-state index in [0.29, 0.717) is 18.9 Å². The molecule has 1 fully saturated rings. The maximum atomic E-state index is 12.7. The van der Waals surface area contributed by atoms with Gasteiger partial charge in [-0.15, -0.1) is 10.2 Å². The number of aromatic nitrogens is 6. The monoisotopic (exact) mass is 366 g/mol. The van der Waals surface area contributed by atoms with Crippen LogP contribution < -0.4 is 4.90 Å². The van der Waals surface area contributed by atoms with Gasteiger partial charge in [0.1, 0.15) is 6.04 Å². The minimum absolute atomic E-state index is 0.0915. The van der Waals surface area contributed by atoms with Crippen LogP contribution in [0.4, 0.5) is 5.82 Å². The summed E-state index contributed by atoms with van der Waals surface area (Å²) in [5, 5.41) is 17.1. The molecule has 0 aliphatic carbocycles. The highest BCUT2D eigenvalue weighted by Gasteiger charge is 2.26. The van der Waals surface area contributed by atoms with Gasteiger partial charge in [0.15, 0.2) is 11.6 Å². The predicted octanol–water partition coefficient (Wildman–Crippen LogP) is 1.08. The Morgan fingerprint density at radius 3 is 2.37 bits per heavy atom. The first-order valence-electron chi connectivity index (χ1n) is 9.01. The number of carbonyl (C=O) groups is 1. The van der Waals surface area contributed by atoms with Crippen molar-refractivity contribution >= 4 is 11.7 Å². The van der Waals surface area contributed by atoms with Gasteiger partial charge in [-0.3, -0.25) is 9.48 Å². The molecule has 4 heterocycles. The largest absolute Gasteiger partial charge is 0.352 e. The van der Waals surface area contributed by atoms with Gasteiger partial charge in [-0.25, -0.2) is 4.68 Å². The molecule has 0 aromatic carbocycles. The Kier molecular flexibility index (Phi) is 4.57. The van der Waals surface area contributed by atoms with Crippen molar-refractivity contribution in [3.63, 3.8) is 0 Å². The molecule has 3 aromatic rings. The van der Waals surface area contributed by atoms with Crippen LogP contribution in [0.25, 0.3) is 5.82 Å². The van der Waals surface area contributed by atoms with Crippen molar-refractivity contribution in [1.29, 1.82) is 0 Å². The number of piperazine rings is 1. The zero-order chi connectivity index (χ0) is 18.8. The first-order valence-corrected chi connectivity index (χ1v) is 9.01. The van der Waals surface area contributed by atoms with Crippen LogP contribution in [0.5, 0.6) is 0 Å². The second kappa shape index (κ2) is 7.18. The summed E-state index contributed by atoms with van der Waals surface area (Å²) in [7, 11) is 0. The van der Waals surface area contributed by atoms with E-state index in [0.717, 1.165) is 24.6 Å². The Labute approximate surface area is 157 Å². The Morgan fingerprint density at radius 1 is 1.04 bits per heavy atom. The SMILES string of the molecule is Cc1ccn(-c2ccc(N3CCN(C(=O)C(C)n4cccn4)CC3)nn2)n1. The molecule has 1 unspecified atom stereocenters. The molecule has 0 bridgehead atoms. The molecular formula is C18H22N8O. The third kappa shape index (κ3) is 3.53. The second-order valence-electron chi connectivity index (χ2n) is 6.63. The lowest BCUT2D eigenvalue weighted by molar-refractivity contribution is -0.134. The maximum absolute atomic E-state index is 12.7. The molecule has 4 rings (SSSR count). The molecule has 0 spiro atoms. The number of hydrogen-bond acceptors (Lipinski definition) is 6. The van der Waals surface area contributed by atoms with Crippen molar-refractivity contribution in [3.05, 3.63) is 48.5 Å². The van der Waals surface area contributed by atoms with E-state index in [1.165, 1.54) is 0 Å². The predicted molar refractivity (Wildman–Crippen MR) is 99.6 cm³/mol. The van der Waals surface area contributed by atoms with Crippen molar-refractivity contribution in [1.82, 2.24) is 34.7 Å². The Bertz CT molecular complexity index is 894. The van der Waals surface area contributed by atoms with E-state index in [1.807, 2.05) is 55.4 Å². The van der Waals surface area contributed by atoms with Crippen LogP contribution in [-0.4, -0.2) is 66.7 Å². The van der Waals surface area contributed by atoms with Gasteiger partial charge in [0.2, 0.25) is 5.91 Å². The number of nitrogens with zero attached hydrogens (tertiary/aromatic N) is 8. The van der Waals surface area contributed by atoms with E-state index in [4.69, 9.17) is 0 Å². The molecule has 1 atom stereocenters. The summed E-state index contributed by atoms with van der Waals surface area (Å²) in [5.74, 6) is 1.59. The summed E-state index contributed by atoms with van der Waals surface area (Å²) in [5.41, 5.74) is 0.936. The summed E-state index contributed by atoms with van der Waals surface area (Å²) >= 11 is 0. The molecule has 0 radical (unpaired) electrons. The van der Waals surface area contributed by atoms with Gasteiger partial charge < -0.3 is 9.80 Å². The molecule has 1 amide bonds. The summed E-state index contributed by atoms with van der Waals surface area (Å²) in [6, 6.07) is 7.32. The lowest BCUT2D eigenvalue weighted by Gasteiger charge is -2.36. The molecule has 140 valence electrons. The number of aryl methyl sites for hydroxylation is 1. The number of carbonyl (C=O) groups excluding carboxylic acids is 1. The normalized spacial score (nSPS) is 15.8. The Balaban J connectivity index is 1.37. The average Bonchev–Trinajstić information content (AvgIpc) is 3.39. The molecule has 3 aromatic heterocycles. The smallest absolute Gasteiger partial charge is 0.247 e. The van der Waals surface area contributed by atoms with Crippen molar-refractivity contribution in [2.45, 2.75) is 19.9 Å². The molecule has 1 saturated heterocycles. The highest BCUT2D eigenvalue weighted by atomic mass is 16.2. The van der Waals surface area contributed by atoms with Crippen LogP contribution in [-0.2, 0) is 4.79 Å². The second-order valence-corrected chi connectivity index (χ2v) is 6.63. The van der Waals surface area contributed by atoms with Crippen molar-refractivity contribution < 1.29 is 4.79 Å².